The zero-order valence-corrected chi connectivity index (χ0v) is 9.58. The average Bonchev–Trinajstić information content (AvgIpc) is 2.63. The van der Waals surface area contributed by atoms with Crippen LogP contribution in [0.25, 0.3) is 0 Å². The topological polar surface area (TPSA) is 51.5 Å². The Balaban J connectivity index is 2.48. The maximum atomic E-state index is 11.8. The van der Waals surface area contributed by atoms with Crippen molar-refractivity contribution in [2.45, 2.75) is 11.3 Å². The van der Waals surface area contributed by atoms with Crippen molar-refractivity contribution >= 4 is 15.7 Å². The number of sulfonamides is 1. The van der Waals surface area contributed by atoms with Crippen LogP contribution in [0.1, 0.15) is 5.56 Å². The maximum absolute atomic E-state index is 11.8. The van der Waals surface area contributed by atoms with Crippen LogP contribution in [-0.2, 0) is 16.4 Å². The summed E-state index contributed by atoms with van der Waals surface area (Å²) in [5.41, 5.74) is 1.95. The van der Waals surface area contributed by atoms with E-state index in [9.17, 15) is 8.42 Å². The minimum atomic E-state index is -3.33. The summed E-state index contributed by atoms with van der Waals surface area (Å²) in [5.74, 6) is 0. The third-order valence-electron chi connectivity index (χ3n) is 2.50. The van der Waals surface area contributed by atoms with Gasteiger partial charge in [-0.2, -0.15) is 0 Å². The van der Waals surface area contributed by atoms with Gasteiger partial charge in [-0.3, -0.25) is 5.32 Å². The molecular formula is C10H13N2O2S. The summed E-state index contributed by atoms with van der Waals surface area (Å²) < 4.78 is 24.8. The molecule has 0 aromatic heterocycles. The molecule has 0 saturated carbocycles. The largest absolute Gasteiger partial charge is 0.285 e. The van der Waals surface area contributed by atoms with Crippen molar-refractivity contribution in [3.05, 3.63) is 23.8 Å². The van der Waals surface area contributed by atoms with E-state index in [4.69, 9.17) is 0 Å². The van der Waals surface area contributed by atoms with Crippen molar-refractivity contribution in [2.24, 2.45) is 0 Å². The highest BCUT2D eigenvalue weighted by molar-refractivity contribution is 7.89. The molecule has 1 aliphatic heterocycles. The van der Waals surface area contributed by atoms with Gasteiger partial charge in [-0.25, -0.2) is 12.7 Å². The highest BCUT2D eigenvalue weighted by Gasteiger charge is 2.20. The second kappa shape index (κ2) is 3.50. The van der Waals surface area contributed by atoms with Crippen LogP contribution in [0.2, 0.25) is 0 Å². The Labute approximate surface area is 90.0 Å². The van der Waals surface area contributed by atoms with E-state index in [0.717, 1.165) is 24.2 Å². The van der Waals surface area contributed by atoms with E-state index < -0.39 is 10.0 Å². The van der Waals surface area contributed by atoms with Crippen LogP contribution in [0.15, 0.2) is 23.1 Å². The zero-order chi connectivity index (χ0) is 11.1. The van der Waals surface area contributed by atoms with E-state index >= 15 is 0 Å². The van der Waals surface area contributed by atoms with Gasteiger partial charge in [0.05, 0.1) is 10.6 Å². The van der Waals surface area contributed by atoms with Crippen LogP contribution in [-0.4, -0.2) is 33.4 Å². The molecule has 5 heteroatoms. The monoisotopic (exact) mass is 225 g/mol. The van der Waals surface area contributed by atoms with Gasteiger partial charge in [-0.05, 0) is 24.1 Å². The van der Waals surface area contributed by atoms with Gasteiger partial charge in [0.2, 0.25) is 10.0 Å². The summed E-state index contributed by atoms with van der Waals surface area (Å²) in [6.07, 6.45) is 0.914. The Morgan fingerprint density at radius 2 is 2.07 bits per heavy atom. The second-order valence-electron chi connectivity index (χ2n) is 3.71. The molecule has 1 radical (unpaired) electrons. The smallest absolute Gasteiger partial charge is 0.242 e. The normalized spacial score (nSPS) is 15.1. The molecule has 1 aromatic carbocycles. The highest BCUT2D eigenvalue weighted by atomic mass is 32.2. The van der Waals surface area contributed by atoms with Gasteiger partial charge >= 0.3 is 0 Å². The van der Waals surface area contributed by atoms with E-state index in [-0.39, 0.29) is 0 Å². The molecule has 0 saturated heterocycles. The minimum Gasteiger partial charge on any atom is -0.285 e. The lowest BCUT2D eigenvalue weighted by Crippen LogP contribution is -2.22. The molecule has 0 aliphatic carbocycles. The molecule has 0 fully saturated rings. The fourth-order valence-corrected chi connectivity index (χ4v) is 2.49. The summed E-state index contributed by atoms with van der Waals surface area (Å²) in [4.78, 5) is 0.317. The fourth-order valence-electron chi connectivity index (χ4n) is 1.57. The third-order valence-corrected chi connectivity index (χ3v) is 4.31. The van der Waals surface area contributed by atoms with E-state index in [1.54, 1.807) is 12.1 Å². The molecule has 4 nitrogen and oxygen atoms in total. The van der Waals surface area contributed by atoms with E-state index in [2.05, 4.69) is 5.32 Å². The van der Waals surface area contributed by atoms with Crippen molar-refractivity contribution in [3.8, 4) is 0 Å². The molecule has 15 heavy (non-hydrogen) atoms. The Bertz CT molecular complexity index is 480. The predicted molar refractivity (Wildman–Crippen MR) is 57.7 cm³/mol. The Morgan fingerprint density at radius 1 is 1.33 bits per heavy atom. The van der Waals surface area contributed by atoms with Crippen LogP contribution in [0.5, 0.6) is 0 Å². The molecule has 0 atom stereocenters. The molecule has 0 unspecified atom stereocenters. The number of nitrogens with zero attached hydrogens (tertiary/aromatic N) is 2. The third kappa shape index (κ3) is 1.72. The van der Waals surface area contributed by atoms with Crippen molar-refractivity contribution in [2.75, 3.05) is 20.6 Å². The van der Waals surface area contributed by atoms with Gasteiger partial charge in [0, 0.05) is 20.6 Å². The molecule has 0 spiro atoms. The maximum Gasteiger partial charge on any atom is 0.242 e. The second-order valence-corrected chi connectivity index (χ2v) is 5.86. The quantitative estimate of drug-likeness (QED) is 0.745. The van der Waals surface area contributed by atoms with Gasteiger partial charge in [0.25, 0.3) is 0 Å². The van der Waals surface area contributed by atoms with Crippen molar-refractivity contribution in [1.82, 2.24) is 9.62 Å². The molecule has 1 heterocycles. The Kier molecular flexibility index (Phi) is 2.44. The van der Waals surface area contributed by atoms with Crippen LogP contribution in [0, 0.1) is 0 Å². The lowest BCUT2D eigenvalue weighted by molar-refractivity contribution is 0.520. The standard InChI is InChI=1S/C10H13N2O2S/c1-12(2)15(13,14)9-4-3-8-5-6-11-10(8)7-9/h3-4,7H,5-6H2,1-2H3. The van der Waals surface area contributed by atoms with Gasteiger partial charge in [0.15, 0.2) is 0 Å². The lowest BCUT2D eigenvalue weighted by atomic mass is 10.2. The van der Waals surface area contributed by atoms with Crippen molar-refractivity contribution < 1.29 is 8.42 Å². The fraction of sp³-hybridized carbons (Fsp3) is 0.400. The first-order chi connectivity index (χ1) is 7.01. The summed E-state index contributed by atoms with van der Waals surface area (Å²) in [6.45, 7) is 0.765. The van der Waals surface area contributed by atoms with Crippen molar-refractivity contribution in [1.29, 1.82) is 0 Å². The molecule has 0 N–H and O–H groups in total. The van der Waals surface area contributed by atoms with Gasteiger partial charge in [0.1, 0.15) is 0 Å². The average molecular weight is 225 g/mol. The van der Waals surface area contributed by atoms with Gasteiger partial charge < -0.3 is 0 Å². The van der Waals surface area contributed by atoms with Crippen molar-refractivity contribution in [3.63, 3.8) is 0 Å². The number of hydrogen-bond donors (Lipinski definition) is 0. The molecule has 0 bridgehead atoms. The number of rotatable bonds is 2. The minimum absolute atomic E-state index is 0.317. The van der Waals surface area contributed by atoms with Gasteiger partial charge in [-0.15, -0.1) is 0 Å². The molecule has 1 aliphatic rings. The summed E-state index contributed by atoms with van der Waals surface area (Å²) in [7, 11) is -0.270. The van der Waals surface area contributed by atoms with E-state index in [1.165, 1.54) is 18.4 Å². The highest BCUT2D eigenvalue weighted by Crippen LogP contribution is 2.26. The molecule has 0 amide bonds. The molecule has 2 rings (SSSR count). The van der Waals surface area contributed by atoms with Crippen LogP contribution in [0.3, 0.4) is 0 Å². The predicted octanol–water partition coefficient (Wildman–Crippen LogP) is 0.729. The molecular weight excluding hydrogens is 212 g/mol. The summed E-state index contributed by atoms with van der Waals surface area (Å²) in [5, 5.41) is 4.25. The SMILES string of the molecule is CN(C)S(=O)(=O)c1ccc2c(c1)[N]CC2. The van der Waals surface area contributed by atoms with E-state index in [0.29, 0.717) is 4.90 Å². The number of benzene rings is 1. The number of hydrogen-bond acceptors (Lipinski definition) is 2. The first kappa shape index (κ1) is 10.4. The van der Waals surface area contributed by atoms with Gasteiger partial charge in [-0.1, -0.05) is 6.07 Å². The van der Waals surface area contributed by atoms with Crippen LogP contribution in [0.4, 0.5) is 5.69 Å². The van der Waals surface area contributed by atoms with Crippen LogP contribution >= 0.6 is 0 Å². The van der Waals surface area contributed by atoms with E-state index in [1.807, 2.05) is 6.07 Å². The number of fused-ring (bicyclic) bond motifs is 1. The van der Waals surface area contributed by atoms with Crippen LogP contribution < -0.4 is 5.32 Å². The first-order valence-electron chi connectivity index (χ1n) is 4.75. The lowest BCUT2D eigenvalue weighted by Gasteiger charge is -2.11. The molecule has 1 aromatic rings. The Hall–Kier alpha value is -1.07. The first-order valence-corrected chi connectivity index (χ1v) is 6.19. The Morgan fingerprint density at radius 3 is 2.73 bits per heavy atom. The molecule has 81 valence electrons. The summed E-state index contributed by atoms with van der Waals surface area (Å²) in [6, 6.07) is 5.15. The zero-order valence-electron chi connectivity index (χ0n) is 8.77. The summed E-state index contributed by atoms with van der Waals surface area (Å²) >= 11 is 0.